The van der Waals surface area contributed by atoms with Gasteiger partial charge in [-0.2, -0.15) is 10.1 Å². The van der Waals surface area contributed by atoms with Crippen LogP contribution in [0.2, 0.25) is 5.02 Å². The molecule has 0 atom stereocenters. The zero-order valence-electron chi connectivity index (χ0n) is 8.53. The molecule has 0 aromatic heterocycles. The van der Waals surface area contributed by atoms with Crippen molar-refractivity contribution in [2.45, 2.75) is 12.8 Å². The first-order valence-electron chi connectivity index (χ1n) is 4.72. The third kappa shape index (κ3) is 2.21. The van der Waals surface area contributed by atoms with E-state index in [1.165, 1.54) is 18.2 Å². The van der Waals surface area contributed by atoms with Crippen LogP contribution in [0.4, 0.5) is 20.2 Å². The lowest BCUT2D eigenvalue weighted by atomic mass is 10.2. The summed E-state index contributed by atoms with van der Waals surface area (Å²) in [5, 5.41) is 4.84. The molecular weight excluding hydrogens is 252 g/mol. The van der Waals surface area contributed by atoms with Crippen LogP contribution in [0.25, 0.3) is 0 Å². The molecule has 7 heteroatoms. The Morgan fingerprint density at radius 3 is 2.71 bits per heavy atom. The number of carbonyl (C=O) groups is 1. The van der Waals surface area contributed by atoms with Crippen molar-refractivity contribution in [1.82, 2.24) is 0 Å². The van der Waals surface area contributed by atoms with E-state index in [1.54, 1.807) is 0 Å². The highest BCUT2D eigenvalue weighted by Crippen LogP contribution is 2.30. The van der Waals surface area contributed by atoms with Crippen molar-refractivity contribution in [2.75, 3.05) is 10.7 Å². The first-order valence-corrected chi connectivity index (χ1v) is 5.10. The van der Waals surface area contributed by atoms with Crippen LogP contribution in [0.5, 0.6) is 0 Å². The summed E-state index contributed by atoms with van der Waals surface area (Å²) >= 11 is 5.70. The Morgan fingerprint density at radius 1 is 1.47 bits per heavy atom. The number of hydrogen-bond acceptors (Lipinski definition) is 3. The van der Waals surface area contributed by atoms with Crippen LogP contribution in [0.3, 0.4) is 0 Å². The lowest BCUT2D eigenvalue weighted by Crippen LogP contribution is -2.20. The average Bonchev–Trinajstić information content (AvgIpc) is 2.61. The van der Waals surface area contributed by atoms with Crippen molar-refractivity contribution in [3.8, 4) is 0 Å². The largest absolute Gasteiger partial charge is 0.397 e. The van der Waals surface area contributed by atoms with Gasteiger partial charge in [0.2, 0.25) is 0 Å². The molecule has 0 unspecified atom stereocenters. The summed E-state index contributed by atoms with van der Waals surface area (Å²) in [6.45, 7) is 0. The summed E-state index contributed by atoms with van der Waals surface area (Å²) in [6.07, 6.45) is -3.13. The van der Waals surface area contributed by atoms with Gasteiger partial charge in [-0.25, -0.2) is 8.78 Å². The molecule has 0 fully saturated rings. The van der Waals surface area contributed by atoms with E-state index < -0.39 is 18.0 Å². The van der Waals surface area contributed by atoms with Crippen molar-refractivity contribution >= 4 is 34.6 Å². The van der Waals surface area contributed by atoms with E-state index in [1.807, 2.05) is 0 Å². The van der Waals surface area contributed by atoms with Gasteiger partial charge < -0.3 is 5.73 Å². The van der Waals surface area contributed by atoms with Crippen molar-refractivity contribution in [3.05, 3.63) is 23.2 Å². The van der Waals surface area contributed by atoms with Crippen LogP contribution in [0, 0.1) is 0 Å². The zero-order valence-corrected chi connectivity index (χ0v) is 9.29. The smallest absolute Gasteiger partial charge is 0.278 e. The predicted octanol–water partition coefficient (Wildman–Crippen LogP) is 2.28. The average molecular weight is 260 g/mol. The molecule has 17 heavy (non-hydrogen) atoms. The first-order chi connectivity index (χ1) is 7.99. The summed E-state index contributed by atoms with van der Waals surface area (Å²) in [4.78, 5) is 11.5. The number of hydrogen-bond donors (Lipinski definition) is 1. The van der Waals surface area contributed by atoms with E-state index in [0.29, 0.717) is 5.02 Å². The van der Waals surface area contributed by atoms with Crippen LogP contribution in [-0.4, -0.2) is 18.0 Å². The second kappa shape index (κ2) is 4.29. The molecular formula is C10H8ClF2N3O. The van der Waals surface area contributed by atoms with Gasteiger partial charge in [0, 0.05) is 5.02 Å². The molecule has 1 heterocycles. The number of alkyl halides is 2. The van der Waals surface area contributed by atoms with Gasteiger partial charge >= 0.3 is 0 Å². The quantitative estimate of drug-likeness (QED) is 0.829. The number of carbonyl (C=O) groups excluding carboxylic acids is 1. The fourth-order valence-corrected chi connectivity index (χ4v) is 1.66. The monoisotopic (exact) mass is 259 g/mol. The Bertz CT molecular complexity index is 504. The molecule has 0 spiro atoms. The fraction of sp³-hybridized carbons (Fsp3) is 0.200. The van der Waals surface area contributed by atoms with Crippen LogP contribution >= 0.6 is 11.6 Å². The zero-order chi connectivity index (χ0) is 12.6. The number of hydrazone groups is 1. The van der Waals surface area contributed by atoms with Crippen LogP contribution < -0.4 is 10.7 Å². The Kier molecular flexibility index (Phi) is 2.97. The second-order valence-corrected chi connectivity index (χ2v) is 3.91. The normalized spacial score (nSPS) is 15.6. The Balaban J connectivity index is 2.37. The number of nitrogen functional groups attached to an aromatic ring is 1. The van der Waals surface area contributed by atoms with Gasteiger partial charge in [-0.3, -0.25) is 4.79 Å². The standard InChI is InChI=1S/C10H8ClF2N3O/c11-5-1-2-8(6(14)3-5)16-9(17)4-7(15-16)10(12)13/h1-3,10H,4,14H2. The Morgan fingerprint density at radius 2 is 2.18 bits per heavy atom. The van der Waals surface area contributed by atoms with Gasteiger partial charge in [0.1, 0.15) is 5.71 Å². The summed E-state index contributed by atoms with van der Waals surface area (Å²) < 4.78 is 24.8. The topological polar surface area (TPSA) is 58.7 Å². The number of anilines is 2. The number of halogens is 3. The summed E-state index contributed by atoms with van der Waals surface area (Å²) in [6, 6.07) is 4.41. The second-order valence-electron chi connectivity index (χ2n) is 3.48. The van der Waals surface area contributed by atoms with Crippen LogP contribution in [0.15, 0.2) is 23.3 Å². The molecule has 1 aromatic carbocycles. The van der Waals surface area contributed by atoms with Gasteiger partial charge in [-0.05, 0) is 18.2 Å². The first kappa shape index (κ1) is 11.8. The van der Waals surface area contributed by atoms with E-state index in [9.17, 15) is 13.6 Å². The maximum absolute atomic E-state index is 12.4. The number of amides is 1. The minimum absolute atomic E-state index is 0.213. The van der Waals surface area contributed by atoms with Crippen molar-refractivity contribution in [2.24, 2.45) is 5.10 Å². The predicted molar refractivity (Wildman–Crippen MR) is 61.4 cm³/mol. The molecule has 0 bridgehead atoms. The molecule has 90 valence electrons. The highest BCUT2D eigenvalue weighted by molar-refractivity contribution is 6.31. The maximum atomic E-state index is 12.4. The lowest BCUT2D eigenvalue weighted by molar-refractivity contribution is -0.117. The summed E-state index contributed by atoms with van der Waals surface area (Å²) in [5.74, 6) is -0.533. The third-order valence-electron chi connectivity index (χ3n) is 2.27. The third-order valence-corrected chi connectivity index (χ3v) is 2.50. The van der Waals surface area contributed by atoms with Crippen molar-refractivity contribution < 1.29 is 13.6 Å². The molecule has 2 N–H and O–H groups in total. The van der Waals surface area contributed by atoms with Crippen LogP contribution in [-0.2, 0) is 4.79 Å². The van der Waals surface area contributed by atoms with E-state index in [4.69, 9.17) is 17.3 Å². The molecule has 0 aliphatic carbocycles. The number of nitrogens with zero attached hydrogens (tertiary/aromatic N) is 2. The molecule has 1 aromatic rings. The minimum atomic E-state index is -2.74. The minimum Gasteiger partial charge on any atom is -0.397 e. The van der Waals surface area contributed by atoms with Gasteiger partial charge in [-0.1, -0.05) is 11.6 Å². The van der Waals surface area contributed by atoms with Crippen molar-refractivity contribution in [1.29, 1.82) is 0 Å². The van der Waals surface area contributed by atoms with Gasteiger partial charge in [0.25, 0.3) is 12.3 Å². The van der Waals surface area contributed by atoms with E-state index in [2.05, 4.69) is 5.10 Å². The van der Waals surface area contributed by atoms with Crippen LogP contribution in [0.1, 0.15) is 6.42 Å². The highest BCUT2D eigenvalue weighted by atomic mass is 35.5. The molecule has 0 radical (unpaired) electrons. The maximum Gasteiger partial charge on any atom is 0.278 e. The van der Waals surface area contributed by atoms with Gasteiger partial charge in [0.05, 0.1) is 17.8 Å². The molecule has 4 nitrogen and oxygen atoms in total. The summed E-state index contributed by atoms with van der Waals surface area (Å²) in [7, 11) is 0. The fourth-order valence-electron chi connectivity index (χ4n) is 1.48. The van der Waals surface area contributed by atoms with E-state index >= 15 is 0 Å². The molecule has 1 amide bonds. The number of rotatable bonds is 2. The van der Waals surface area contributed by atoms with E-state index in [0.717, 1.165) is 5.01 Å². The van der Waals surface area contributed by atoms with E-state index in [-0.39, 0.29) is 17.8 Å². The molecule has 1 aliphatic heterocycles. The Hall–Kier alpha value is -1.69. The molecule has 0 saturated carbocycles. The molecule has 1 aliphatic rings. The SMILES string of the molecule is Nc1cc(Cl)ccc1N1N=C(C(F)F)CC1=O. The van der Waals surface area contributed by atoms with Crippen molar-refractivity contribution in [3.63, 3.8) is 0 Å². The lowest BCUT2D eigenvalue weighted by Gasteiger charge is -2.14. The number of benzene rings is 1. The van der Waals surface area contributed by atoms with Gasteiger partial charge in [-0.15, -0.1) is 0 Å². The molecule has 0 saturated heterocycles. The number of nitrogens with two attached hydrogens (primary N) is 1. The Labute approximate surface area is 101 Å². The molecule has 2 rings (SSSR count). The summed E-state index contributed by atoms with van der Waals surface area (Å²) in [5.41, 5.74) is 5.67. The van der Waals surface area contributed by atoms with Gasteiger partial charge in [0.15, 0.2) is 0 Å². The highest BCUT2D eigenvalue weighted by Gasteiger charge is 2.30.